The summed E-state index contributed by atoms with van der Waals surface area (Å²) in [5, 5.41) is 8.61. The molecule has 4 rings (SSSR count). The smallest absolute Gasteiger partial charge is 0.332 e. The molecule has 3 aromatic heterocycles. The zero-order valence-electron chi connectivity index (χ0n) is 17.4. The van der Waals surface area contributed by atoms with Crippen LogP contribution in [0.25, 0.3) is 22.6 Å². The Kier molecular flexibility index (Phi) is 5.94. The van der Waals surface area contributed by atoms with Crippen molar-refractivity contribution in [2.24, 2.45) is 14.1 Å². The van der Waals surface area contributed by atoms with Gasteiger partial charge in [-0.2, -0.15) is 0 Å². The van der Waals surface area contributed by atoms with Gasteiger partial charge in [0, 0.05) is 26.4 Å². The average Bonchev–Trinajstić information content (AvgIpc) is 3.39. The molecule has 0 atom stereocenters. The molecule has 31 heavy (non-hydrogen) atoms. The zero-order valence-corrected chi connectivity index (χ0v) is 18.3. The second kappa shape index (κ2) is 8.80. The summed E-state index contributed by atoms with van der Waals surface area (Å²) in [6, 6.07) is 7.48. The first-order chi connectivity index (χ1) is 15.0. The number of hydrogen-bond acceptors (Lipinski definition) is 8. The Labute approximate surface area is 181 Å². The summed E-state index contributed by atoms with van der Waals surface area (Å²) in [4.78, 5) is 29.4. The summed E-state index contributed by atoms with van der Waals surface area (Å²) in [5.74, 6) is 1.68. The third kappa shape index (κ3) is 4.00. The lowest BCUT2D eigenvalue weighted by Crippen LogP contribution is -2.39. The van der Waals surface area contributed by atoms with Crippen LogP contribution in [0.15, 0.2) is 49.8 Å². The molecule has 0 N–H and O–H groups in total. The number of aromatic nitrogens is 6. The van der Waals surface area contributed by atoms with Crippen molar-refractivity contribution < 1.29 is 9.15 Å². The second-order valence-electron chi connectivity index (χ2n) is 6.83. The molecule has 0 aliphatic carbocycles. The van der Waals surface area contributed by atoms with Crippen molar-refractivity contribution in [2.45, 2.75) is 25.1 Å². The van der Waals surface area contributed by atoms with E-state index in [0.717, 1.165) is 5.56 Å². The van der Waals surface area contributed by atoms with Gasteiger partial charge in [0.15, 0.2) is 11.2 Å². The highest BCUT2D eigenvalue weighted by molar-refractivity contribution is 7.99. The maximum absolute atomic E-state index is 12.7. The van der Waals surface area contributed by atoms with Gasteiger partial charge in [-0.05, 0) is 25.5 Å². The quantitative estimate of drug-likeness (QED) is 0.301. The molecule has 1 aromatic carbocycles. The SMILES string of the molecule is CCOc1ccccc1-c1nnc(SCCCn2c(=O)c3c(ncn3C)n(C)c2=O)o1. The number of fused-ring (bicyclic) bond motifs is 1. The van der Waals surface area contributed by atoms with Gasteiger partial charge in [0.1, 0.15) is 5.75 Å². The number of nitrogens with zero attached hydrogens (tertiary/aromatic N) is 6. The van der Waals surface area contributed by atoms with Crippen LogP contribution in [0.5, 0.6) is 5.75 Å². The van der Waals surface area contributed by atoms with E-state index in [4.69, 9.17) is 9.15 Å². The van der Waals surface area contributed by atoms with Gasteiger partial charge < -0.3 is 13.7 Å². The van der Waals surface area contributed by atoms with Crippen molar-refractivity contribution in [3.8, 4) is 17.2 Å². The van der Waals surface area contributed by atoms with Gasteiger partial charge in [-0.15, -0.1) is 10.2 Å². The maximum Gasteiger partial charge on any atom is 0.332 e. The van der Waals surface area contributed by atoms with Crippen molar-refractivity contribution in [3.05, 3.63) is 51.4 Å². The summed E-state index contributed by atoms with van der Waals surface area (Å²) in [5.41, 5.74) is 0.811. The summed E-state index contributed by atoms with van der Waals surface area (Å²) in [6.45, 7) is 2.74. The highest BCUT2D eigenvalue weighted by Gasteiger charge is 2.16. The zero-order chi connectivity index (χ0) is 22.0. The fraction of sp³-hybridized carbons (Fsp3) is 0.350. The van der Waals surface area contributed by atoms with Gasteiger partial charge in [0.05, 0.1) is 18.5 Å². The molecule has 162 valence electrons. The lowest BCUT2D eigenvalue weighted by molar-refractivity contribution is 0.340. The fourth-order valence-corrected chi connectivity index (χ4v) is 3.96. The number of thioether (sulfide) groups is 1. The number of benzene rings is 1. The number of aryl methyl sites for hydroxylation is 2. The molecule has 0 amide bonds. The van der Waals surface area contributed by atoms with E-state index in [0.29, 0.717) is 46.8 Å². The predicted octanol–water partition coefficient (Wildman–Crippen LogP) is 2.06. The van der Waals surface area contributed by atoms with Gasteiger partial charge in [0.25, 0.3) is 16.7 Å². The number of hydrogen-bond donors (Lipinski definition) is 0. The van der Waals surface area contributed by atoms with Gasteiger partial charge in [-0.1, -0.05) is 23.9 Å². The highest BCUT2D eigenvalue weighted by Crippen LogP contribution is 2.30. The molecule has 4 aromatic rings. The van der Waals surface area contributed by atoms with Crippen LogP contribution in [0.3, 0.4) is 0 Å². The van der Waals surface area contributed by atoms with Crippen molar-refractivity contribution >= 4 is 22.9 Å². The van der Waals surface area contributed by atoms with Crippen LogP contribution in [0.1, 0.15) is 13.3 Å². The van der Waals surface area contributed by atoms with Crippen LogP contribution in [-0.2, 0) is 20.6 Å². The molecular weight excluding hydrogens is 420 g/mol. The Morgan fingerprint density at radius 3 is 2.77 bits per heavy atom. The van der Waals surface area contributed by atoms with E-state index in [9.17, 15) is 9.59 Å². The predicted molar refractivity (Wildman–Crippen MR) is 116 cm³/mol. The van der Waals surface area contributed by atoms with Gasteiger partial charge >= 0.3 is 5.69 Å². The van der Waals surface area contributed by atoms with Crippen LogP contribution in [-0.4, -0.2) is 41.2 Å². The Bertz CT molecular complexity index is 1340. The minimum atomic E-state index is -0.381. The fourth-order valence-electron chi connectivity index (χ4n) is 3.28. The highest BCUT2D eigenvalue weighted by atomic mass is 32.2. The molecule has 0 bridgehead atoms. The molecule has 0 saturated heterocycles. The third-order valence-corrected chi connectivity index (χ3v) is 5.68. The van der Waals surface area contributed by atoms with Crippen molar-refractivity contribution in [1.29, 1.82) is 0 Å². The molecule has 0 radical (unpaired) electrons. The minimum absolute atomic E-state index is 0.286. The Morgan fingerprint density at radius 2 is 1.97 bits per heavy atom. The van der Waals surface area contributed by atoms with Gasteiger partial charge in [-0.3, -0.25) is 13.9 Å². The largest absolute Gasteiger partial charge is 0.493 e. The van der Waals surface area contributed by atoms with Crippen molar-refractivity contribution in [3.63, 3.8) is 0 Å². The van der Waals surface area contributed by atoms with Gasteiger partial charge in [0.2, 0.25) is 0 Å². The summed E-state index contributed by atoms with van der Waals surface area (Å²) >= 11 is 1.38. The van der Waals surface area contributed by atoms with Crippen LogP contribution in [0.4, 0.5) is 0 Å². The van der Waals surface area contributed by atoms with E-state index in [-0.39, 0.29) is 17.8 Å². The number of imidazole rings is 1. The Balaban J connectivity index is 1.43. The van der Waals surface area contributed by atoms with Crippen molar-refractivity contribution in [1.82, 2.24) is 28.9 Å². The van der Waals surface area contributed by atoms with E-state index < -0.39 is 0 Å². The number of ether oxygens (including phenoxy) is 1. The average molecular weight is 443 g/mol. The summed E-state index contributed by atoms with van der Waals surface area (Å²) in [7, 11) is 3.35. The van der Waals surface area contributed by atoms with Crippen LogP contribution >= 0.6 is 11.8 Å². The maximum atomic E-state index is 12.7. The van der Waals surface area contributed by atoms with Crippen LogP contribution < -0.4 is 16.0 Å². The topological polar surface area (TPSA) is 110 Å². The molecule has 0 saturated carbocycles. The van der Waals surface area contributed by atoms with E-state index in [1.165, 1.54) is 27.2 Å². The molecule has 0 aliphatic rings. The second-order valence-corrected chi connectivity index (χ2v) is 7.88. The van der Waals surface area contributed by atoms with E-state index in [1.807, 2.05) is 31.2 Å². The molecule has 10 nitrogen and oxygen atoms in total. The minimum Gasteiger partial charge on any atom is -0.493 e. The molecule has 0 unspecified atom stereocenters. The van der Waals surface area contributed by atoms with Crippen LogP contribution in [0, 0.1) is 0 Å². The van der Waals surface area contributed by atoms with Crippen molar-refractivity contribution in [2.75, 3.05) is 12.4 Å². The molecule has 3 heterocycles. The standard InChI is InChI=1S/C20H22N6O4S/c1-4-29-14-9-6-5-8-13(14)17-22-23-19(30-17)31-11-7-10-26-18(27)15-16(21-12-24(15)2)25(3)20(26)28/h5-6,8-9,12H,4,7,10-11H2,1-3H3. The lowest BCUT2D eigenvalue weighted by atomic mass is 10.2. The summed E-state index contributed by atoms with van der Waals surface area (Å²) < 4.78 is 15.6. The van der Waals surface area contributed by atoms with Crippen LogP contribution in [0.2, 0.25) is 0 Å². The Hall–Kier alpha value is -3.34. The molecule has 0 fully saturated rings. The molecule has 11 heteroatoms. The summed E-state index contributed by atoms with van der Waals surface area (Å²) in [6.07, 6.45) is 2.11. The number of para-hydroxylation sites is 1. The third-order valence-electron chi connectivity index (χ3n) is 4.78. The van der Waals surface area contributed by atoms with E-state index >= 15 is 0 Å². The molecule has 0 aliphatic heterocycles. The first-order valence-corrected chi connectivity index (χ1v) is 10.8. The molecule has 0 spiro atoms. The normalized spacial score (nSPS) is 11.3. The Morgan fingerprint density at radius 1 is 1.16 bits per heavy atom. The van der Waals surface area contributed by atoms with E-state index in [1.54, 1.807) is 18.7 Å². The lowest BCUT2D eigenvalue weighted by Gasteiger charge is -2.08. The number of rotatable bonds is 8. The van der Waals surface area contributed by atoms with E-state index in [2.05, 4.69) is 15.2 Å². The first-order valence-electron chi connectivity index (χ1n) is 9.80. The molecular formula is C20H22N6O4S. The monoisotopic (exact) mass is 442 g/mol. The van der Waals surface area contributed by atoms with Gasteiger partial charge in [-0.25, -0.2) is 9.78 Å². The first kappa shape index (κ1) is 20.9.